The highest BCUT2D eigenvalue weighted by atomic mass is 79.9. The first kappa shape index (κ1) is 40.9. The van der Waals surface area contributed by atoms with E-state index < -0.39 is 0 Å². The van der Waals surface area contributed by atoms with Crippen LogP contribution in [-0.2, 0) is 44.1 Å². The average Bonchev–Trinajstić information content (AvgIpc) is 3.97. The van der Waals surface area contributed by atoms with Crippen molar-refractivity contribution in [3.05, 3.63) is 104 Å². The molecule has 0 saturated heterocycles. The van der Waals surface area contributed by atoms with Gasteiger partial charge in [0.15, 0.2) is 0 Å². The van der Waals surface area contributed by atoms with Gasteiger partial charge in [-0.1, -0.05) is 62.3 Å². The van der Waals surface area contributed by atoms with Crippen molar-refractivity contribution in [1.82, 2.24) is 49.7 Å². The molecule has 56 heavy (non-hydrogen) atoms. The minimum absolute atomic E-state index is 0.0598. The lowest BCUT2D eigenvalue weighted by Crippen LogP contribution is -2.21. The number of hydrogen-bond donors (Lipinski definition) is 4. The Morgan fingerprint density at radius 1 is 0.821 bits per heavy atom. The number of amides is 1. The van der Waals surface area contributed by atoms with E-state index in [1.54, 1.807) is 34.1 Å². The summed E-state index contributed by atoms with van der Waals surface area (Å²) in [6.07, 6.45) is 7.32. The lowest BCUT2D eigenvalue weighted by Gasteiger charge is -2.16. The van der Waals surface area contributed by atoms with Crippen molar-refractivity contribution in [1.29, 1.82) is 0 Å². The Morgan fingerprint density at radius 2 is 1.43 bits per heavy atom. The summed E-state index contributed by atoms with van der Waals surface area (Å²) in [6, 6.07) is 10.1. The van der Waals surface area contributed by atoms with Crippen molar-refractivity contribution < 1.29 is 14.6 Å². The van der Waals surface area contributed by atoms with Crippen LogP contribution in [0.4, 0.5) is 11.9 Å². The lowest BCUT2D eigenvalue weighted by atomic mass is 10.0. The number of benzene rings is 2. The fraction of sp³-hybridized carbons (Fsp3) is 0.250. The number of halogens is 5. The van der Waals surface area contributed by atoms with Gasteiger partial charge in [-0.05, 0) is 36.4 Å². The van der Waals surface area contributed by atoms with Crippen molar-refractivity contribution in [2.45, 2.75) is 46.2 Å². The predicted molar refractivity (Wildman–Crippen MR) is 220 cm³/mol. The van der Waals surface area contributed by atoms with Gasteiger partial charge < -0.3 is 31.5 Å². The molecule has 0 spiro atoms. The highest BCUT2D eigenvalue weighted by Gasteiger charge is 2.29. The Morgan fingerprint density at radius 3 is 2.04 bits per heavy atom. The Labute approximate surface area is 350 Å². The summed E-state index contributed by atoms with van der Waals surface area (Å²) >= 11 is 28.1. The van der Waals surface area contributed by atoms with Crippen LogP contribution in [-0.4, -0.2) is 67.3 Å². The molecular formula is C36H35BrCl4N12O3. The molecule has 0 atom stereocenters. The minimum Gasteiger partial charge on any atom is -0.507 e. The van der Waals surface area contributed by atoms with Crippen molar-refractivity contribution in [2.24, 2.45) is 0 Å². The number of aryl methyl sites for hydroxylation is 1. The zero-order valence-electron chi connectivity index (χ0n) is 29.8. The number of aromatic nitrogens is 8. The summed E-state index contributed by atoms with van der Waals surface area (Å²) in [5, 5.41) is 24.1. The number of ether oxygens (including phenoxy) is 1. The number of phenolic OH excluding ortho intramolecular Hbond substituents is 1. The summed E-state index contributed by atoms with van der Waals surface area (Å²) in [7, 11) is 0. The van der Waals surface area contributed by atoms with Gasteiger partial charge in [0.25, 0.3) is 0 Å². The van der Waals surface area contributed by atoms with Gasteiger partial charge in [0.1, 0.15) is 18.1 Å². The number of carbonyl (C=O) groups is 1. The standard InChI is InChI=1S/C17H16Cl2N6O.C14H12Cl2N4O2.C5H7BrN2/c18-10-6-12(19)15(14(7-10)26-5-4-25-3-1-2-22-25)16-11-8-21-9-13(11)23-17(20)24-16;1-6(21)20-4-8-10(5-20)18-14(17)19-13(8)12-9(16)2-7(15)3-11(12)22;6-2-5-8-4-1-3-7-8/h1-3,6-7,21H,4-5,8-9H2,(H2,20,23,24);2-3,22H,4-5H2,1H3,(H2,17,18,19);1,3-4H,2,5H2. The molecule has 8 rings (SSSR count). The Kier molecular flexibility index (Phi) is 13.5. The Balaban J connectivity index is 0.000000160. The lowest BCUT2D eigenvalue weighted by molar-refractivity contribution is -0.129. The van der Waals surface area contributed by atoms with Gasteiger partial charge >= 0.3 is 0 Å². The predicted octanol–water partition coefficient (Wildman–Crippen LogP) is 6.79. The highest BCUT2D eigenvalue weighted by Crippen LogP contribution is 2.43. The maximum atomic E-state index is 11.6. The monoisotopic (exact) mass is 902 g/mol. The minimum atomic E-state index is -0.0981. The first-order chi connectivity index (χ1) is 26.9. The molecule has 2 aliphatic heterocycles. The number of nitrogens with two attached hydrogens (primary N) is 2. The quantitative estimate of drug-likeness (QED) is 0.117. The van der Waals surface area contributed by atoms with Gasteiger partial charge in [-0.2, -0.15) is 10.2 Å². The SMILES string of the molecule is BrCCn1cccn1.CC(=O)N1Cc2nc(N)nc(-c3c(O)cc(Cl)cc3Cl)c2C1.Nc1nc2c(c(-c3c(Cl)cc(Cl)cc3OCCn3cccn3)n1)CNC2. The molecule has 2 aromatic carbocycles. The molecule has 6 N–H and O–H groups in total. The number of nitrogen functional groups attached to an aromatic ring is 2. The van der Waals surface area contributed by atoms with Crippen LogP contribution in [0.5, 0.6) is 11.5 Å². The molecule has 0 bridgehead atoms. The van der Waals surface area contributed by atoms with E-state index in [9.17, 15) is 9.90 Å². The number of nitrogens with one attached hydrogen (secondary N) is 1. The first-order valence-corrected chi connectivity index (χ1v) is 19.6. The maximum Gasteiger partial charge on any atom is 0.220 e. The zero-order chi connectivity index (χ0) is 39.9. The number of carbonyl (C=O) groups excluding carboxylic acids is 1. The normalized spacial score (nSPS) is 12.6. The fourth-order valence-corrected chi connectivity index (χ4v) is 7.49. The second-order valence-electron chi connectivity index (χ2n) is 12.3. The largest absolute Gasteiger partial charge is 0.507 e. The van der Waals surface area contributed by atoms with Crippen molar-refractivity contribution >= 4 is 80.1 Å². The van der Waals surface area contributed by atoms with Gasteiger partial charge in [0.05, 0.1) is 70.1 Å². The molecule has 20 heteroatoms. The number of nitrogens with zero attached hydrogens (tertiary/aromatic N) is 9. The third-order valence-electron chi connectivity index (χ3n) is 8.49. The van der Waals surface area contributed by atoms with E-state index in [2.05, 4.69) is 51.4 Å². The third-order valence-corrected chi connectivity index (χ3v) is 9.87. The summed E-state index contributed by atoms with van der Waals surface area (Å²) in [6.45, 7) is 5.44. The van der Waals surface area contributed by atoms with E-state index in [0.717, 1.165) is 28.7 Å². The maximum absolute atomic E-state index is 11.6. The summed E-state index contributed by atoms with van der Waals surface area (Å²) in [4.78, 5) is 30.3. The van der Waals surface area contributed by atoms with Crippen molar-refractivity contribution in [3.8, 4) is 34.0 Å². The second-order valence-corrected chi connectivity index (χ2v) is 14.8. The number of anilines is 2. The molecule has 6 aromatic rings. The van der Waals surface area contributed by atoms with Crippen LogP contribution in [0.3, 0.4) is 0 Å². The van der Waals surface area contributed by atoms with Crippen molar-refractivity contribution in [2.75, 3.05) is 23.4 Å². The van der Waals surface area contributed by atoms with E-state index in [4.69, 9.17) is 62.6 Å². The molecule has 4 aromatic heterocycles. The fourth-order valence-electron chi connectivity index (χ4n) is 5.99. The van der Waals surface area contributed by atoms with E-state index in [0.29, 0.717) is 88.4 Å². The van der Waals surface area contributed by atoms with Gasteiger partial charge in [0.2, 0.25) is 17.8 Å². The molecule has 0 aliphatic carbocycles. The van der Waals surface area contributed by atoms with Crippen LogP contribution < -0.4 is 21.5 Å². The number of aromatic hydroxyl groups is 1. The molecule has 0 saturated carbocycles. The third kappa shape index (κ3) is 9.80. The summed E-state index contributed by atoms with van der Waals surface area (Å²) in [5.41, 5.74) is 17.0. The van der Waals surface area contributed by atoms with Gasteiger partial charge in [-0.25, -0.2) is 19.9 Å². The highest BCUT2D eigenvalue weighted by molar-refractivity contribution is 9.09. The summed E-state index contributed by atoms with van der Waals surface area (Å²) in [5.74, 6) is 0.649. The molecule has 292 valence electrons. The van der Waals surface area contributed by atoms with Crippen LogP contribution >= 0.6 is 62.3 Å². The van der Waals surface area contributed by atoms with Crippen LogP contribution in [0.15, 0.2) is 61.2 Å². The topological polar surface area (TPSA) is 201 Å². The molecule has 0 unspecified atom stereocenters. The summed E-state index contributed by atoms with van der Waals surface area (Å²) < 4.78 is 9.65. The number of hydrogen-bond acceptors (Lipinski definition) is 12. The zero-order valence-corrected chi connectivity index (χ0v) is 34.4. The molecule has 6 heterocycles. The smallest absolute Gasteiger partial charge is 0.220 e. The number of phenols is 1. The number of fused-ring (bicyclic) bond motifs is 2. The number of alkyl halides is 1. The molecule has 15 nitrogen and oxygen atoms in total. The molecular weight excluding hydrogens is 870 g/mol. The average molecular weight is 905 g/mol. The van der Waals surface area contributed by atoms with Crippen LogP contribution in [0.2, 0.25) is 20.1 Å². The Bertz CT molecular complexity index is 2310. The van der Waals surface area contributed by atoms with Gasteiger partial charge in [-0.3, -0.25) is 14.2 Å². The number of rotatable bonds is 8. The van der Waals surface area contributed by atoms with E-state index in [1.807, 2.05) is 29.2 Å². The van der Waals surface area contributed by atoms with Crippen LogP contribution in [0, 0.1) is 0 Å². The van der Waals surface area contributed by atoms with Crippen LogP contribution in [0.1, 0.15) is 29.4 Å². The second kappa shape index (κ2) is 18.5. The van der Waals surface area contributed by atoms with Crippen molar-refractivity contribution in [3.63, 3.8) is 0 Å². The Hall–Kier alpha value is -4.71. The van der Waals surface area contributed by atoms with Crippen LogP contribution in [0.25, 0.3) is 22.5 Å². The van der Waals surface area contributed by atoms with E-state index in [-0.39, 0.29) is 28.6 Å². The molecule has 2 aliphatic rings. The first-order valence-electron chi connectivity index (χ1n) is 17.0. The van der Waals surface area contributed by atoms with Gasteiger partial charge in [-0.15, -0.1) is 0 Å². The molecule has 0 fully saturated rings. The molecule has 0 radical (unpaired) electrons. The van der Waals surface area contributed by atoms with E-state index in [1.165, 1.54) is 19.1 Å². The van der Waals surface area contributed by atoms with E-state index >= 15 is 0 Å². The molecule has 1 amide bonds. The van der Waals surface area contributed by atoms with Gasteiger partial charge in [0, 0.05) is 71.3 Å².